The summed E-state index contributed by atoms with van der Waals surface area (Å²) in [6, 6.07) is 0.660. The predicted molar refractivity (Wildman–Crippen MR) is 274 cm³/mol. The van der Waals surface area contributed by atoms with E-state index in [1.54, 1.807) is 0 Å². The van der Waals surface area contributed by atoms with Crippen molar-refractivity contribution in [3.8, 4) is 0 Å². The highest BCUT2D eigenvalue weighted by Gasteiger charge is 2.21. The number of nitrogens with zero attached hydrogens (tertiary/aromatic N) is 2. The number of aliphatic hydroxyl groups excluding tert-OH is 1. The molecule has 1 fully saturated rings. The fourth-order valence-electron chi connectivity index (χ4n) is 10.0. The Morgan fingerprint density at radius 3 is 1.56 bits per heavy atom. The first kappa shape index (κ1) is 60.6. The van der Waals surface area contributed by atoms with E-state index >= 15 is 0 Å². The number of nitrogens with one attached hydrogen (secondary N) is 1. The van der Waals surface area contributed by atoms with Crippen LogP contribution < -0.4 is 5.32 Å². The van der Waals surface area contributed by atoms with Gasteiger partial charge in [-0.05, 0) is 95.6 Å². The van der Waals surface area contributed by atoms with E-state index in [2.05, 4.69) is 42.8 Å². The molecule has 1 aliphatic rings. The van der Waals surface area contributed by atoms with Crippen LogP contribution in [-0.4, -0.2) is 92.1 Å². The topological polar surface area (TPSA) is 91.3 Å². The summed E-state index contributed by atoms with van der Waals surface area (Å²) < 4.78 is 11.2. The highest BCUT2D eigenvalue weighted by Crippen LogP contribution is 2.24. The molecule has 1 amide bonds. The SMILES string of the molecule is CCCCCCCCC(CCCCCCCC)COC(=O)OCCCCCN(CCO)CCN(CCCCCNC(=O)CC(CCCCCC)CCCCCCC)C1CCCCCC1. The van der Waals surface area contributed by atoms with Gasteiger partial charge in [0.15, 0.2) is 0 Å². The molecular weight excluding hydrogens is 795 g/mol. The number of unbranched alkanes of at least 4 members (excludes halogenated alkanes) is 21. The molecule has 2 N–H and O–H groups in total. The van der Waals surface area contributed by atoms with Crippen LogP contribution in [0.5, 0.6) is 0 Å². The fraction of sp³-hybridized carbons (Fsp3) is 0.964. The van der Waals surface area contributed by atoms with Crippen molar-refractivity contribution in [1.82, 2.24) is 15.1 Å². The first-order valence-electron chi connectivity index (χ1n) is 28.6. The smallest absolute Gasteiger partial charge is 0.434 e. The molecule has 0 aromatic rings. The van der Waals surface area contributed by atoms with Crippen molar-refractivity contribution in [3.05, 3.63) is 0 Å². The summed E-state index contributed by atoms with van der Waals surface area (Å²) >= 11 is 0. The Bertz CT molecular complexity index is 976. The van der Waals surface area contributed by atoms with Crippen LogP contribution in [0.25, 0.3) is 0 Å². The zero-order chi connectivity index (χ0) is 46.4. The number of carbonyl (C=O) groups excluding carboxylic acids is 2. The first-order valence-corrected chi connectivity index (χ1v) is 28.6. The molecule has 0 aromatic heterocycles. The summed E-state index contributed by atoms with van der Waals surface area (Å²) in [6.07, 6.45) is 46.4. The van der Waals surface area contributed by atoms with E-state index in [9.17, 15) is 14.7 Å². The summed E-state index contributed by atoms with van der Waals surface area (Å²) in [7, 11) is 0. The van der Waals surface area contributed by atoms with Crippen LogP contribution in [0, 0.1) is 11.8 Å². The van der Waals surface area contributed by atoms with E-state index < -0.39 is 6.16 Å². The molecule has 1 aliphatic carbocycles. The third kappa shape index (κ3) is 37.7. The number of hydrogen-bond acceptors (Lipinski definition) is 7. The van der Waals surface area contributed by atoms with Gasteiger partial charge in [-0.2, -0.15) is 0 Å². The van der Waals surface area contributed by atoms with Crippen LogP contribution in [0.1, 0.15) is 272 Å². The molecule has 64 heavy (non-hydrogen) atoms. The van der Waals surface area contributed by atoms with Crippen LogP contribution in [0.2, 0.25) is 0 Å². The van der Waals surface area contributed by atoms with Gasteiger partial charge in [0.25, 0.3) is 0 Å². The summed E-state index contributed by atoms with van der Waals surface area (Å²) in [6.45, 7) is 15.8. The van der Waals surface area contributed by atoms with E-state index in [1.165, 1.54) is 193 Å². The lowest BCUT2D eigenvalue weighted by Crippen LogP contribution is -2.42. The molecule has 0 aliphatic heterocycles. The van der Waals surface area contributed by atoms with Crippen LogP contribution in [-0.2, 0) is 14.3 Å². The Labute approximate surface area is 398 Å². The van der Waals surface area contributed by atoms with Gasteiger partial charge in [-0.1, -0.05) is 195 Å². The van der Waals surface area contributed by atoms with Crippen LogP contribution >= 0.6 is 0 Å². The molecule has 0 aromatic carbocycles. The van der Waals surface area contributed by atoms with Gasteiger partial charge in [-0.15, -0.1) is 0 Å². The monoisotopic (exact) mass is 906 g/mol. The van der Waals surface area contributed by atoms with Gasteiger partial charge in [0.05, 0.1) is 19.8 Å². The molecule has 1 atom stereocenters. The molecule has 1 rings (SSSR count). The maximum Gasteiger partial charge on any atom is 0.508 e. The molecule has 0 saturated heterocycles. The fourth-order valence-corrected chi connectivity index (χ4v) is 10.0. The van der Waals surface area contributed by atoms with Crippen LogP contribution in [0.4, 0.5) is 4.79 Å². The van der Waals surface area contributed by atoms with Crippen molar-refractivity contribution in [3.63, 3.8) is 0 Å². The van der Waals surface area contributed by atoms with Gasteiger partial charge < -0.3 is 19.9 Å². The van der Waals surface area contributed by atoms with Crippen molar-refractivity contribution >= 4 is 12.1 Å². The standard InChI is InChI=1S/C56H111N3O5/c1-5-9-13-17-20-28-38-53(39-29-21-18-14-10-6-2)51-64-56(62)63-49-35-25-33-43-58(47-48-60)45-46-59(54-40-30-22-23-31-41-54)44-34-24-32-42-57-55(61)50-52(36-26-16-12-8-4)37-27-19-15-11-7-3/h52-54,60H,5-51H2,1-4H3,(H,57,61). The number of carbonyl (C=O) groups is 2. The zero-order valence-electron chi connectivity index (χ0n) is 43.4. The summed E-state index contributed by atoms with van der Waals surface area (Å²) in [5.74, 6) is 1.26. The van der Waals surface area contributed by atoms with E-state index in [4.69, 9.17) is 9.47 Å². The lowest BCUT2D eigenvalue weighted by Gasteiger charge is -2.33. The van der Waals surface area contributed by atoms with Gasteiger partial charge in [0.2, 0.25) is 5.91 Å². The number of amides is 1. The molecule has 0 bridgehead atoms. The third-order valence-corrected chi connectivity index (χ3v) is 14.3. The minimum atomic E-state index is -0.499. The maximum absolute atomic E-state index is 13.0. The second-order valence-corrected chi connectivity index (χ2v) is 20.2. The highest BCUT2D eigenvalue weighted by molar-refractivity contribution is 5.76. The van der Waals surface area contributed by atoms with Crippen molar-refractivity contribution in [2.75, 3.05) is 59.1 Å². The molecule has 8 nitrogen and oxygen atoms in total. The van der Waals surface area contributed by atoms with E-state index in [-0.39, 0.29) is 12.5 Å². The molecule has 0 heterocycles. The first-order chi connectivity index (χ1) is 31.5. The van der Waals surface area contributed by atoms with Crippen molar-refractivity contribution in [2.45, 2.75) is 278 Å². The van der Waals surface area contributed by atoms with Crippen LogP contribution in [0.3, 0.4) is 0 Å². The molecule has 0 radical (unpaired) electrons. The summed E-state index contributed by atoms with van der Waals surface area (Å²) in [4.78, 5) is 30.8. The quantitative estimate of drug-likeness (QED) is 0.0357. The predicted octanol–water partition coefficient (Wildman–Crippen LogP) is 15.4. The Hall–Kier alpha value is -1.38. The lowest BCUT2D eigenvalue weighted by atomic mass is 9.91. The second kappa shape index (κ2) is 46.7. The minimum Gasteiger partial charge on any atom is -0.434 e. The average Bonchev–Trinajstić information content (AvgIpc) is 3.59. The Balaban J connectivity index is 2.45. The van der Waals surface area contributed by atoms with Gasteiger partial charge >= 0.3 is 6.16 Å². The molecule has 1 saturated carbocycles. The highest BCUT2D eigenvalue weighted by atomic mass is 16.7. The van der Waals surface area contributed by atoms with Gasteiger partial charge in [0.1, 0.15) is 0 Å². The summed E-state index contributed by atoms with van der Waals surface area (Å²) in [5, 5.41) is 13.2. The van der Waals surface area contributed by atoms with Crippen molar-refractivity contribution in [2.24, 2.45) is 11.8 Å². The van der Waals surface area contributed by atoms with E-state index in [0.717, 1.165) is 77.7 Å². The number of ether oxygens (including phenoxy) is 2. The minimum absolute atomic E-state index is 0.182. The number of aliphatic hydroxyl groups is 1. The number of rotatable bonds is 47. The zero-order valence-corrected chi connectivity index (χ0v) is 43.4. The second-order valence-electron chi connectivity index (χ2n) is 20.2. The molecule has 380 valence electrons. The van der Waals surface area contributed by atoms with Crippen molar-refractivity contribution in [1.29, 1.82) is 0 Å². The van der Waals surface area contributed by atoms with Gasteiger partial charge in [0, 0.05) is 38.6 Å². The summed E-state index contributed by atoms with van der Waals surface area (Å²) in [5.41, 5.74) is 0. The Morgan fingerprint density at radius 2 is 1.00 bits per heavy atom. The molecule has 1 unspecified atom stereocenters. The largest absolute Gasteiger partial charge is 0.508 e. The maximum atomic E-state index is 13.0. The molecule has 8 heteroatoms. The normalized spacial score (nSPS) is 14.1. The van der Waals surface area contributed by atoms with Gasteiger partial charge in [-0.25, -0.2) is 4.79 Å². The van der Waals surface area contributed by atoms with E-state index in [1.807, 2.05) is 0 Å². The molecular formula is C56H111N3O5. The Morgan fingerprint density at radius 1 is 0.516 bits per heavy atom. The van der Waals surface area contributed by atoms with Crippen molar-refractivity contribution < 1.29 is 24.2 Å². The average molecular weight is 907 g/mol. The van der Waals surface area contributed by atoms with Gasteiger partial charge in [-0.3, -0.25) is 14.6 Å². The third-order valence-electron chi connectivity index (χ3n) is 14.3. The number of hydrogen-bond donors (Lipinski definition) is 2. The molecule has 0 spiro atoms. The lowest BCUT2D eigenvalue weighted by molar-refractivity contribution is -0.122. The van der Waals surface area contributed by atoms with E-state index in [0.29, 0.717) is 44.1 Å². The van der Waals surface area contributed by atoms with Crippen LogP contribution in [0.15, 0.2) is 0 Å². The Kier molecular flexibility index (Phi) is 44.3.